The van der Waals surface area contributed by atoms with Gasteiger partial charge in [0.05, 0.1) is 13.7 Å². The van der Waals surface area contributed by atoms with Crippen LogP contribution in [0.1, 0.15) is 31.1 Å². The molecule has 1 aromatic carbocycles. The van der Waals surface area contributed by atoms with E-state index in [9.17, 15) is 13.5 Å². The number of aryl methyl sites for hydroxylation is 1. The molecule has 4 aromatic rings. The lowest BCUT2D eigenvalue weighted by atomic mass is 10.2. The zero-order valence-electron chi connectivity index (χ0n) is 21.5. The first-order valence-electron chi connectivity index (χ1n) is 12.3. The van der Waals surface area contributed by atoms with Crippen LogP contribution in [0.25, 0.3) is 11.6 Å². The summed E-state index contributed by atoms with van der Waals surface area (Å²) in [7, 11) is -2.59. The Morgan fingerprint density at radius 1 is 0.974 bits per heavy atom. The third-order valence-electron chi connectivity index (χ3n) is 5.37. The van der Waals surface area contributed by atoms with Crippen LogP contribution in [-0.2, 0) is 16.4 Å². The zero-order valence-corrected chi connectivity index (χ0v) is 23.2. The summed E-state index contributed by atoms with van der Waals surface area (Å²) >= 11 is 1.20. The number of aliphatic hydroxyl groups excluding tert-OH is 1. The summed E-state index contributed by atoms with van der Waals surface area (Å²) in [6, 6.07) is 11.8. The topological polar surface area (TPSA) is 146 Å². The van der Waals surface area contributed by atoms with Crippen molar-refractivity contribution >= 4 is 27.2 Å². The highest BCUT2D eigenvalue weighted by Gasteiger charge is 2.26. The highest BCUT2D eigenvalue weighted by molar-refractivity contribution is 7.94. The van der Waals surface area contributed by atoms with Gasteiger partial charge < -0.3 is 19.3 Å². The largest absolute Gasteiger partial charge is 0.493 e. The average Bonchev–Trinajstić information content (AvgIpc) is 3.44. The van der Waals surface area contributed by atoms with Gasteiger partial charge in [-0.15, -0.1) is 11.3 Å². The number of para-hydroxylation sites is 2. The van der Waals surface area contributed by atoms with E-state index in [0.717, 1.165) is 30.6 Å². The van der Waals surface area contributed by atoms with Gasteiger partial charge in [-0.1, -0.05) is 31.9 Å². The number of ether oxygens (including phenoxy) is 3. The van der Waals surface area contributed by atoms with E-state index in [2.05, 4.69) is 31.6 Å². The molecule has 0 fully saturated rings. The van der Waals surface area contributed by atoms with Crippen molar-refractivity contribution in [3.63, 3.8) is 0 Å². The van der Waals surface area contributed by atoms with Crippen LogP contribution < -0.4 is 18.9 Å². The minimum Gasteiger partial charge on any atom is -0.493 e. The summed E-state index contributed by atoms with van der Waals surface area (Å²) in [5.74, 6) is 0.394. The standard InChI is InChI=1S/C26H29N5O6S2/c1-3-4-5-9-18-12-13-21(38-18)39(33,34)31-23-22(37-20-11-7-6-10-19(20)35-2)26(36-17-16-32)30-25(29-23)24-27-14-8-15-28-24/h6-8,10-15,32H,3-5,9,16-17H2,1-2H3,(H,29,30,31). The second kappa shape index (κ2) is 13.3. The van der Waals surface area contributed by atoms with E-state index in [1.165, 1.54) is 30.8 Å². The Morgan fingerprint density at radius 3 is 2.46 bits per heavy atom. The Bertz CT molecular complexity index is 1480. The maximum absolute atomic E-state index is 13.5. The quantitative estimate of drug-likeness (QED) is 0.204. The van der Waals surface area contributed by atoms with Crippen molar-refractivity contribution in [1.29, 1.82) is 0 Å². The summed E-state index contributed by atoms with van der Waals surface area (Å²) < 4.78 is 46.8. The highest BCUT2D eigenvalue weighted by Crippen LogP contribution is 2.41. The van der Waals surface area contributed by atoms with Crippen molar-refractivity contribution in [2.75, 3.05) is 25.0 Å². The monoisotopic (exact) mass is 571 g/mol. The number of anilines is 1. The van der Waals surface area contributed by atoms with E-state index in [1.807, 2.05) is 6.07 Å². The molecule has 0 aliphatic heterocycles. The van der Waals surface area contributed by atoms with Gasteiger partial charge in [-0.05, 0) is 43.2 Å². The maximum atomic E-state index is 13.5. The van der Waals surface area contributed by atoms with E-state index in [-0.39, 0.29) is 52.3 Å². The number of unbranched alkanes of at least 4 members (excludes halogenated alkanes) is 2. The lowest BCUT2D eigenvalue weighted by molar-refractivity contribution is 0.192. The van der Waals surface area contributed by atoms with Gasteiger partial charge in [-0.2, -0.15) is 4.98 Å². The zero-order chi connectivity index (χ0) is 27.7. The van der Waals surface area contributed by atoms with Crippen molar-refractivity contribution in [3.05, 3.63) is 59.7 Å². The number of sulfonamides is 1. The molecule has 4 rings (SSSR count). The number of hydrogen-bond acceptors (Lipinski definition) is 11. The number of aliphatic hydroxyl groups is 1. The van der Waals surface area contributed by atoms with E-state index in [4.69, 9.17) is 14.2 Å². The molecule has 0 aliphatic rings. The molecule has 0 radical (unpaired) electrons. The first-order chi connectivity index (χ1) is 18.9. The fourth-order valence-electron chi connectivity index (χ4n) is 3.52. The molecule has 206 valence electrons. The number of nitrogens with zero attached hydrogens (tertiary/aromatic N) is 4. The highest BCUT2D eigenvalue weighted by atomic mass is 32.2. The van der Waals surface area contributed by atoms with E-state index < -0.39 is 10.0 Å². The molecule has 0 aliphatic carbocycles. The number of methoxy groups -OCH3 is 1. The van der Waals surface area contributed by atoms with Crippen LogP contribution in [0.2, 0.25) is 0 Å². The maximum Gasteiger partial charge on any atom is 0.272 e. The van der Waals surface area contributed by atoms with Crippen molar-refractivity contribution in [3.8, 4) is 34.8 Å². The van der Waals surface area contributed by atoms with Gasteiger partial charge in [-0.3, -0.25) is 4.72 Å². The normalized spacial score (nSPS) is 11.3. The molecule has 13 heteroatoms. The lowest BCUT2D eigenvalue weighted by Crippen LogP contribution is -2.16. The average molecular weight is 572 g/mol. The Hall–Kier alpha value is -3.81. The van der Waals surface area contributed by atoms with Gasteiger partial charge in [0.1, 0.15) is 10.8 Å². The third kappa shape index (κ3) is 7.19. The fourth-order valence-corrected chi connectivity index (χ4v) is 5.93. The molecule has 0 bridgehead atoms. The number of benzene rings is 1. The van der Waals surface area contributed by atoms with Gasteiger partial charge in [0.15, 0.2) is 23.1 Å². The van der Waals surface area contributed by atoms with Crippen LogP contribution in [0.4, 0.5) is 5.82 Å². The number of rotatable bonds is 14. The molecule has 0 spiro atoms. The van der Waals surface area contributed by atoms with Crippen LogP contribution in [0.5, 0.6) is 23.1 Å². The molecule has 3 aromatic heterocycles. The molecule has 3 heterocycles. The molecule has 0 saturated carbocycles. The van der Waals surface area contributed by atoms with Crippen LogP contribution >= 0.6 is 11.3 Å². The number of aromatic nitrogens is 4. The second-order valence-electron chi connectivity index (χ2n) is 8.21. The van der Waals surface area contributed by atoms with Crippen molar-refractivity contribution in [1.82, 2.24) is 19.9 Å². The van der Waals surface area contributed by atoms with E-state index in [0.29, 0.717) is 5.75 Å². The molecule has 2 N–H and O–H groups in total. The minimum atomic E-state index is -4.07. The number of hydrogen-bond donors (Lipinski definition) is 2. The third-order valence-corrected chi connectivity index (χ3v) is 8.35. The summed E-state index contributed by atoms with van der Waals surface area (Å²) in [5, 5.41) is 9.40. The minimum absolute atomic E-state index is 0.0000470. The second-order valence-corrected chi connectivity index (χ2v) is 11.3. The van der Waals surface area contributed by atoms with Crippen LogP contribution in [0, 0.1) is 0 Å². The Labute approximate surface area is 230 Å². The summed E-state index contributed by atoms with van der Waals surface area (Å²) in [6.45, 7) is 1.67. The van der Waals surface area contributed by atoms with Gasteiger partial charge in [0, 0.05) is 17.3 Å². The predicted octanol–water partition coefficient (Wildman–Crippen LogP) is 4.70. The Morgan fingerprint density at radius 2 is 1.74 bits per heavy atom. The lowest BCUT2D eigenvalue weighted by Gasteiger charge is -2.17. The molecular weight excluding hydrogens is 542 g/mol. The fraction of sp³-hybridized carbons (Fsp3) is 0.308. The predicted molar refractivity (Wildman–Crippen MR) is 147 cm³/mol. The first-order valence-corrected chi connectivity index (χ1v) is 14.6. The Balaban J connectivity index is 1.79. The molecule has 0 saturated heterocycles. The molecule has 39 heavy (non-hydrogen) atoms. The van der Waals surface area contributed by atoms with E-state index in [1.54, 1.807) is 36.4 Å². The summed E-state index contributed by atoms with van der Waals surface area (Å²) in [5.41, 5.74) is 0. The van der Waals surface area contributed by atoms with Gasteiger partial charge in [0.2, 0.25) is 11.6 Å². The molecule has 0 unspecified atom stereocenters. The Kier molecular flexibility index (Phi) is 9.63. The number of nitrogens with one attached hydrogen (secondary N) is 1. The van der Waals surface area contributed by atoms with E-state index >= 15 is 0 Å². The summed E-state index contributed by atoms with van der Waals surface area (Å²) in [6.07, 6.45) is 6.96. The van der Waals surface area contributed by atoms with Crippen LogP contribution in [0.15, 0.2) is 59.1 Å². The molecule has 0 amide bonds. The SMILES string of the molecule is CCCCCc1ccc(S(=O)(=O)Nc2nc(-c3ncccn3)nc(OCCO)c2Oc2ccccc2OC)s1. The van der Waals surface area contributed by atoms with Crippen molar-refractivity contribution in [2.24, 2.45) is 0 Å². The van der Waals surface area contributed by atoms with Crippen LogP contribution in [0.3, 0.4) is 0 Å². The number of thiophene rings is 1. The summed E-state index contributed by atoms with van der Waals surface area (Å²) in [4.78, 5) is 18.1. The van der Waals surface area contributed by atoms with Crippen LogP contribution in [-0.4, -0.2) is 53.8 Å². The molecule has 0 atom stereocenters. The van der Waals surface area contributed by atoms with Gasteiger partial charge in [0.25, 0.3) is 15.9 Å². The van der Waals surface area contributed by atoms with Gasteiger partial charge >= 0.3 is 0 Å². The van der Waals surface area contributed by atoms with Crippen molar-refractivity contribution < 1.29 is 27.7 Å². The molecular formula is C26H29N5O6S2. The first kappa shape index (κ1) is 28.2. The molecule has 11 nitrogen and oxygen atoms in total. The van der Waals surface area contributed by atoms with Crippen molar-refractivity contribution in [2.45, 2.75) is 36.8 Å². The smallest absolute Gasteiger partial charge is 0.272 e. The van der Waals surface area contributed by atoms with Gasteiger partial charge in [-0.25, -0.2) is 23.4 Å².